The van der Waals surface area contributed by atoms with Gasteiger partial charge in [0.25, 0.3) is 0 Å². The number of hydrogen-bond acceptors (Lipinski definition) is 4. The lowest BCUT2D eigenvalue weighted by molar-refractivity contribution is 0.112. The lowest BCUT2D eigenvalue weighted by Crippen LogP contribution is -1.89. The number of carbonyl (C=O) groups is 1. The molecule has 0 fully saturated rings. The van der Waals surface area contributed by atoms with Crippen molar-refractivity contribution in [2.75, 3.05) is 0 Å². The van der Waals surface area contributed by atoms with Crippen LogP contribution in [0.25, 0.3) is 10.8 Å². The predicted molar refractivity (Wildman–Crippen MR) is 75.3 cm³/mol. The van der Waals surface area contributed by atoms with Gasteiger partial charge in [-0.3, -0.25) is 4.79 Å². The molecule has 0 spiro atoms. The molecule has 3 rings (SSSR count). The van der Waals surface area contributed by atoms with Crippen LogP contribution in [0.5, 0.6) is 17.4 Å². The molecule has 0 saturated heterocycles. The minimum absolute atomic E-state index is 0.234. The van der Waals surface area contributed by atoms with Gasteiger partial charge in [0.1, 0.15) is 11.5 Å². The molecule has 0 bridgehead atoms. The van der Waals surface area contributed by atoms with Gasteiger partial charge in [-0.25, -0.2) is 4.98 Å². The molecule has 0 aliphatic rings. The number of benzene rings is 2. The SMILES string of the molecule is O=Cc1ccc(Oc2ccc3cc(O)ccc3c2)nc1. The molecule has 1 aromatic heterocycles. The van der Waals surface area contributed by atoms with E-state index in [0.29, 0.717) is 17.2 Å². The topological polar surface area (TPSA) is 59.4 Å². The fourth-order valence-corrected chi connectivity index (χ4v) is 1.92. The van der Waals surface area contributed by atoms with Crippen molar-refractivity contribution in [3.63, 3.8) is 0 Å². The summed E-state index contributed by atoms with van der Waals surface area (Å²) in [6.45, 7) is 0. The van der Waals surface area contributed by atoms with E-state index in [-0.39, 0.29) is 5.75 Å². The number of hydrogen-bond donors (Lipinski definition) is 1. The van der Waals surface area contributed by atoms with E-state index in [2.05, 4.69) is 4.98 Å². The molecule has 4 nitrogen and oxygen atoms in total. The van der Waals surface area contributed by atoms with Gasteiger partial charge in [0.15, 0.2) is 6.29 Å². The number of rotatable bonds is 3. The quantitative estimate of drug-likeness (QED) is 0.736. The highest BCUT2D eigenvalue weighted by atomic mass is 16.5. The summed E-state index contributed by atoms with van der Waals surface area (Å²) in [5, 5.41) is 11.3. The number of nitrogens with zero attached hydrogens (tertiary/aromatic N) is 1. The van der Waals surface area contributed by atoms with Crippen molar-refractivity contribution in [3.8, 4) is 17.4 Å². The van der Waals surface area contributed by atoms with E-state index < -0.39 is 0 Å². The van der Waals surface area contributed by atoms with Gasteiger partial charge >= 0.3 is 0 Å². The van der Waals surface area contributed by atoms with Crippen molar-refractivity contribution < 1.29 is 14.6 Å². The number of fused-ring (bicyclic) bond motifs is 1. The second-order valence-corrected chi connectivity index (χ2v) is 4.34. The number of aldehydes is 1. The van der Waals surface area contributed by atoms with Crippen LogP contribution in [0.15, 0.2) is 54.7 Å². The van der Waals surface area contributed by atoms with Gasteiger partial charge in [-0.1, -0.05) is 12.1 Å². The Hall–Kier alpha value is -2.88. The summed E-state index contributed by atoms with van der Waals surface area (Å²) in [6.07, 6.45) is 2.20. The van der Waals surface area contributed by atoms with Gasteiger partial charge in [0, 0.05) is 17.8 Å². The highest BCUT2D eigenvalue weighted by Crippen LogP contribution is 2.26. The summed E-state index contributed by atoms with van der Waals surface area (Å²) in [6, 6.07) is 14.0. The Morgan fingerprint density at radius 2 is 1.80 bits per heavy atom. The monoisotopic (exact) mass is 265 g/mol. The van der Waals surface area contributed by atoms with Crippen molar-refractivity contribution in [3.05, 3.63) is 60.3 Å². The first-order valence-electron chi connectivity index (χ1n) is 6.06. The van der Waals surface area contributed by atoms with Crippen molar-refractivity contribution in [1.29, 1.82) is 0 Å². The maximum absolute atomic E-state index is 10.5. The van der Waals surface area contributed by atoms with Gasteiger partial charge < -0.3 is 9.84 Å². The Morgan fingerprint density at radius 1 is 1.00 bits per heavy atom. The Balaban J connectivity index is 1.89. The molecule has 0 saturated carbocycles. The Labute approximate surface area is 115 Å². The zero-order valence-corrected chi connectivity index (χ0v) is 10.5. The van der Waals surface area contributed by atoms with E-state index in [9.17, 15) is 9.90 Å². The molecular formula is C16H11NO3. The first-order chi connectivity index (χ1) is 9.74. The van der Waals surface area contributed by atoms with Crippen LogP contribution < -0.4 is 4.74 Å². The molecule has 20 heavy (non-hydrogen) atoms. The van der Waals surface area contributed by atoms with E-state index in [1.54, 1.807) is 30.3 Å². The smallest absolute Gasteiger partial charge is 0.219 e. The van der Waals surface area contributed by atoms with Crippen LogP contribution in [0, 0.1) is 0 Å². The molecule has 0 amide bonds. The van der Waals surface area contributed by atoms with Gasteiger partial charge in [-0.05, 0) is 41.1 Å². The minimum atomic E-state index is 0.234. The maximum Gasteiger partial charge on any atom is 0.219 e. The maximum atomic E-state index is 10.5. The lowest BCUT2D eigenvalue weighted by atomic mass is 10.1. The fourth-order valence-electron chi connectivity index (χ4n) is 1.92. The number of aromatic nitrogens is 1. The van der Waals surface area contributed by atoms with Crippen LogP contribution >= 0.6 is 0 Å². The summed E-state index contributed by atoms with van der Waals surface area (Å²) < 4.78 is 5.63. The molecule has 98 valence electrons. The van der Waals surface area contributed by atoms with Crippen LogP contribution in [-0.4, -0.2) is 16.4 Å². The van der Waals surface area contributed by atoms with Crippen molar-refractivity contribution in [2.45, 2.75) is 0 Å². The fraction of sp³-hybridized carbons (Fsp3) is 0. The van der Waals surface area contributed by atoms with E-state index >= 15 is 0 Å². The molecule has 2 aromatic carbocycles. The molecule has 0 radical (unpaired) electrons. The zero-order valence-electron chi connectivity index (χ0n) is 10.5. The third-order valence-corrected chi connectivity index (χ3v) is 2.91. The predicted octanol–water partition coefficient (Wildman–Crippen LogP) is 3.55. The highest BCUT2D eigenvalue weighted by Gasteiger charge is 2.02. The van der Waals surface area contributed by atoms with Crippen molar-refractivity contribution in [1.82, 2.24) is 4.98 Å². The molecular weight excluding hydrogens is 254 g/mol. The van der Waals surface area contributed by atoms with E-state index in [0.717, 1.165) is 17.1 Å². The van der Waals surface area contributed by atoms with Crippen LogP contribution in [0.2, 0.25) is 0 Å². The second kappa shape index (κ2) is 5.01. The minimum Gasteiger partial charge on any atom is -0.508 e. The number of pyridine rings is 1. The molecule has 0 unspecified atom stereocenters. The molecule has 0 aliphatic carbocycles. The number of phenolic OH excluding ortho intramolecular Hbond substituents is 1. The average molecular weight is 265 g/mol. The Kier molecular flexibility index (Phi) is 3.05. The Bertz CT molecular complexity index is 766. The molecule has 1 N–H and O–H groups in total. The summed E-state index contributed by atoms with van der Waals surface area (Å²) in [7, 11) is 0. The lowest BCUT2D eigenvalue weighted by Gasteiger charge is -2.06. The first-order valence-corrected chi connectivity index (χ1v) is 6.06. The average Bonchev–Trinajstić information content (AvgIpc) is 2.48. The van der Waals surface area contributed by atoms with Crippen molar-refractivity contribution in [2.24, 2.45) is 0 Å². The van der Waals surface area contributed by atoms with Gasteiger partial charge in [-0.2, -0.15) is 0 Å². The number of ether oxygens (including phenoxy) is 1. The zero-order chi connectivity index (χ0) is 13.9. The van der Waals surface area contributed by atoms with Crippen LogP contribution in [-0.2, 0) is 0 Å². The Morgan fingerprint density at radius 3 is 2.55 bits per heavy atom. The van der Waals surface area contributed by atoms with E-state index in [4.69, 9.17) is 4.74 Å². The van der Waals surface area contributed by atoms with Gasteiger partial charge in [-0.15, -0.1) is 0 Å². The van der Waals surface area contributed by atoms with Gasteiger partial charge in [0.2, 0.25) is 5.88 Å². The molecule has 0 aliphatic heterocycles. The van der Waals surface area contributed by atoms with Gasteiger partial charge in [0.05, 0.1) is 0 Å². The summed E-state index contributed by atoms with van der Waals surface area (Å²) in [5.74, 6) is 1.31. The van der Waals surface area contributed by atoms with E-state index in [1.165, 1.54) is 6.20 Å². The number of carbonyl (C=O) groups excluding carboxylic acids is 1. The summed E-state index contributed by atoms with van der Waals surface area (Å²) in [4.78, 5) is 14.6. The van der Waals surface area contributed by atoms with Crippen LogP contribution in [0.4, 0.5) is 0 Å². The number of phenols is 1. The summed E-state index contributed by atoms with van der Waals surface area (Å²) >= 11 is 0. The summed E-state index contributed by atoms with van der Waals surface area (Å²) in [5.41, 5.74) is 0.506. The second-order valence-electron chi connectivity index (χ2n) is 4.34. The molecule has 4 heteroatoms. The van der Waals surface area contributed by atoms with Crippen LogP contribution in [0.3, 0.4) is 0 Å². The molecule has 1 heterocycles. The van der Waals surface area contributed by atoms with E-state index in [1.807, 2.05) is 18.2 Å². The largest absolute Gasteiger partial charge is 0.508 e. The molecule has 3 aromatic rings. The normalized spacial score (nSPS) is 10.4. The number of aromatic hydroxyl groups is 1. The van der Waals surface area contributed by atoms with Crippen molar-refractivity contribution >= 4 is 17.1 Å². The highest BCUT2D eigenvalue weighted by molar-refractivity contribution is 5.85. The molecule has 0 atom stereocenters. The third kappa shape index (κ3) is 2.44. The first kappa shape index (κ1) is 12.2. The van der Waals surface area contributed by atoms with Crippen LogP contribution in [0.1, 0.15) is 10.4 Å². The third-order valence-electron chi connectivity index (χ3n) is 2.91. The standard InChI is InChI=1S/C16H11NO3/c18-10-11-1-6-16(17-9-11)20-15-5-3-12-7-14(19)4-2-13(12)8-15/h1-10,19H.